The highest BCUT2D eigenvalue weighted by atomic mass is 32.2. The molecule has 0 bridgehead atoms. The van der Waals surface area contributed by atoms with E-state index in [1.807, 2.05) is 0 Å². The van der Waals surface area contributed by atoms with Crippen molar-refractivity contribution < 1.29 is 49.1 Å². The van der Waals surface area contributed by atoms with Gasteiger partial charge in [-0.05, 0) is 33.1 Å². The van der Waals surface area contributed by atoms with Crippen LogP contribution in [0.15, 0.2) is 4.99 Å². The number of carbonyl (C=O) groups is 4. The van der Waals surface area contributed by atoms with Crippen LogP contribution in [0.2, 0.25) is 0 Å². The monoisotopic (exact) mass is 575 g/mol. The molecule has 2 heterocycles. The summed E-state index contributed by atoms with van der Waals surface area (Å²) in [6, 6.07) is -3.16. The van der Waals surface area contributed by atoms with Crippen LogP contribution in [-0.4, -0.2) is 104 Å². The van der Waals surface area contributed by atoms with E-state index in [1.54, 1.807) is 0 Å². The number of carboxylic acid groups (broad SMARTS) is 2. The van der Waals surface area contributed by atoms with Crippen LogP contribution in [0.1, 0.15) is 72.1 Å². The predicted molar refractivity (Wildman–Crippen MR) is 142 cm³/mol. The van der Waals surface area contributed by atoms with Crippen LogP contribution in [0.3, 0.4) is 0 Å². The van der Waals surface area contributed by atoms with Gasteiger partial charge in [-0.3, -0.25) is 19.4 Å². The summed E-state index contributed by atoms with van der Waals surface area (Å²) in [5.41, 5.74) is -0.472. The van der Waals surface area contributed by atoms with Gasteiger partial charge in [0.15, 0.2) is 0 Å². The molecule has 13 nitrogen and oxygen atoms in total. The number of carbonyl (C=O) groups excluding carboxylic acids is 2. The molecule has 0 saturated carbocycles. The number of carboxylic acids is 2. The van der Waals surface area contributed by atoms with Gasteiger partial charge in [-0.1, -0.05) is 44.4 Å². The average Bonchev–Trinajstić information content (AvgIpc) is 3.29. The molecule has 0 aromatic heterocycles. The van der Waals surface area contributed by atoms with Crippen molar-refractivity contribution >= 4 is 40.6 Å². The molecule has 0 aromatic rings. The van der Waals surface area contributed by atoms with Crippen LogP contribution >= 0.6 is 11.8 Å². The van der Waals surface area contributed by atoms with Gasteiger partial charge in [0.25, 0.3) is 0 Å². The SMILES string of the molecule is CCCCCCCC1=N[C@@H]2[C@@H](O[C@H](C)C(=O)N[C@@H](C)C(=O)N[C@H](CCC(=O)O)C(=O)O)[C@H](O)[C@@H](CO)O[C@@H]2S1. The topological polar surface area (TPSA) is 204 Å². The zero-order valence-electron chi connectivity index (χ0n) is 22.6. The molecular formula is C25H41N3O10S. The number of rotatable bonds is 17. The van der Waals surface area contributed by atoms with E-state index in [0.29, 0.717) is 0 Å². The molecule has 1 saturated heterocycles. The maximum Gasteiger partial charge on any atom is 0.326 e. The molecule has 2 rings (SSSR count). The third-order valence-corrected chi connectivity index (χ3v) is 7.81. The van der Waals surface area contributed by atoms with E-state index in [4.69, 9.17) is 19.6 Å². The Morgan fingerprint density at radius 1 is 1.08 bits per heavy atom. The van der Waals surface area contributed by atoms with Crippen molar-refractivity contribution in [1.29, 1.82) is 0 Å². The zero-order valence-corrected chi connectivity index (χ0v) is 23.4. The molecule has 6 N–H and O–H groups in total. The Labute approximate surface area is 232 Å². The van der Waals surface area contributed by atoms with Crippen molar-refractivity contribution in [2.75, 3.05) is 6.61 Å². The van der Waals surface area contributed by atoms with Crippen LogP contribution in [0.25, 0.3) is 0 Å². The van der Waals surface area contributed by atoms with Crippen LogP contribution in [0.4, 0.5) is 0 Å². The highest BCUT2D eigenvalue weighted by molar-refractivity contribution is 8.14. The van der Waals surface area contributed by atoms with Crippen molar-refractivity contribution in [3.8, 4) is 0 Å². The fourth-order valence-electron chi connectivity index (χ4n) is 4.30. The molecule has 8 atom stereocenters. The molecular weight excluding hydrogens is 534 g/mol. The molecule has 0 spiro atoms. The molecule has 2 aliphatic rings. The first-order valence-corrected chi connectivity index (χ1v) is 14.2. The van der Waals surface area contributed by atoms with Crippen molar-refractivity contribution in [1.82, 2.24) is 10.6 Å². The third kappa shape index (κ3) is 10.0. The summed E-state index contributed by atoms with van der Waals surface area (Å²) in [4.78, 5) is 52.0. The second-order valence-corrected chi connectivity index (χ2v) is 11.0. The van der Waals surface area contributed by atoms with Gasteiger partial charge >= 0.3 is 11.9 Å². The van der Waals surface area contributed by atoms with Gasteiger partial charge in [-0.2, -0.15) is 0 Å². The molecule has 0 aliphatic carbocycles. The number of aliphatic imine (C=N–C) groups is 1. The van der Waals surface area contributed by atoms with Crippen LogP contribution in [0.5, 0.6) is 0 Å². The number of nitrogens with one attached hydrogen (secondary N) is 2. The van der Waals surface area contributed by atoms with E-state index in [9.17, 15) is 34.5 Å². The highest BCUT2D eigenvalue weighted by Crippen LogP contribution is 2.39. The molecule has 0 radical (unpaired) electrons. The summed E-state index contributed by atoms with van der Waals surface area (Å²) in [7, 11) is 0. The highest BCUT2D eigenvalue weighted by Gasteiger charge is 2.50. The van der Waals surface area contributed by atoms with Gasteiger partial charge in [-0.15, -0.1) is 0 Å². The summed E-state index contributed by atoms with van der Waals surface area (Å²) in [6.45, 7) is 4.50. The minimum Gasteiger partial charge on any atom is -0.481 e. The van der Waals surface area contributed by atoms with Crippen LogP contribution in [0, 0.1) is 0 Å². The Hall–Kier alpha value is -2.26. The maximum atomic E-state index is 12.8. The fraction of sp³-hybridized carbons (Fsp3) is 0.800. The minimum atomic E-state index is -1.43. The lowest BCUT2D eigenvalue weighted by Crippen LogP contribution is -2.59. The lowest BCUT2D eigenvalue weighted by molar-refractivity contribution is -0.193. The largest absolute Gasteiger partial charge is 0.481 e. The van der Waals surface area contributed by atoms with Gasteiger partial charge in [0.05, 0.1) is 11.7 Å². The molecule has 0 unspecified atom stereocenters. The van der Waals surface area contributed by atoms with Crippen molar-refractivity contribution in [2.24, 2.45) is 4.99 Å². The minimum absolute atomic E-state index is 0.313. The number of aliphatic hydroxyl groups is 2. The molecule has 14 heteroatoms. The Kier molecular flexibility index (Phi) is 13.6. The van der Waals surface area contributed by atoms with Gasteiger partial charge in [0, 0.05) is 6.42 Å². The number of aliphatic carboxylic acids is 2. The smallest absolute Gasteiger partial charge is 0.326 e. The second kappa shape index (κ2) is 16.1. The summed E-state index contributed by atoms with van der Waals surface area (Å²) < 4.78 is 11.8. The van der Waals surface area contributed by atoms with Gasteiger partial charge in [-0.25, -0.2) is 4.79 Å². The van der Waals surface area contributed by atoms with Crippen LogP contribution < -0.4 is 10.6 Å². The quantitative estimate of drug-likeness (QED) is 0.133. The molecule has 1 fully saturated rings. The number of thioether (sulfide) groups is 1. The molecule has 222 valence electrons. The summed E-state index contributed by atoms with van der Waals surface area (Å²) in [5.74, 6) is -4.08. The normalized spacial score (nSPS) is 26.6. The van der Waals surface area contributed by atoms with E-state index in [1.165, 1.54) is 32.0 Å². The summed E-state index contributed by atoms with van der Waals surface area (Å²) in [5, 5.41) is 44.0. The molecule has 0 aromatic carbocycles. The number of hydrogen-bond donors (Lipinski definition) is 6. The first kappa shape index (κ1) is 32.9. The zero-order chi connectivity index (χ0) is 29.1. The number of fused-ring (bicyclic) bond motifs is 1. The Morgan fingerprint density at radius 2 is 1.77 bits per heavy atom. The Bertz CT molecular complexity index is 888. The summed E-state index contributed by atoms with van der Waals surface area (Å²) in [6.07, 6.45) is 1.32. The molecule has 2 amide bonds. The van der Waals surface area contributed by atoms with Crippen molar-refractivity contribution in [3.05, 3.63) is 0 Å². The fourth-order valence-corrected chi connectivity index (χ4v) is 5.56. The average molecular weight is 576 g/mol. The van der Waals surface area contributed by atoms with E-state index in [2.05, 4.69) is 17.6 Å². The lowest BCUT2D eigenvalue weighted by Gasteiger charge is -2.40. The lowest BCUT2D eigenvalue weighted by atomic mass is 9.98. The van der Waals surface area contributed by atoms with Crippen LogP contribution in [-0.2, 0) is 28.7 Å². The third-order valence-electron chi connectivity index (χ3n) is 6.61. The van der Waals surface area contributed by atoms with Crippen molar-refractivity contribution in [3.63, 3.8) is 0 Å². The van der Waals surface area contributed by atoms with E-state index in [0.717, 1.165) is 37.1 Å². The Balaban J connectivity index is 1.98. The predicted octanol–water partition coefficient (Wildman–Crippen LogP) is 0.652. The van der Waals surface area contributed by atoms with E-state index in [-0.39, 0.29) is 6.42 Å². The van der Waals surface area contributed by atoms with Gasteiger partial charge < -0.3 is 40.5 Å². The first-order chi connectivity index (χ1) is 18.5. The Morgan fingerprint density at radius 3 is 2.38 bits per heavy atom. The van der Waals surface area contributed by atoms with E-state index < -0.39 is 84.8 Å². The molecule has 2 aliphatic heterocycles. The van der Waals surface area contributed by atoms with Gasteiger partial charge in [0.2, 0.25) is 11.8 Å². The first-order valence-electron chi connectivity index (χ1n) is 13.4. The number of hydrogen-bond acceptors (Lipinski definition) is 10. The number of nitrogens with zero attached hydrogens (tertiary/aromatic N) is 1. The second-order valence-electron chi connectivity index (χ2n) is 9.82. The van der Waals surface area contributed by atoms with E-state index >= 15 is 0 Å². The van der Waals surface area contributed by atoms with Gasteiger partial charge in [0.1, 0.15) is 48.0 Å². The number of ether oxygens (including phenoxy) is 2. The standard InChI is InChI=1S/C25H41N3O10S/c1-4-5-6-7-8-9-17-28-19-21(20(32)16(12-29)38-25(19)39-17)37-14(3)23(34)26-13(2)22(33)27-15(24(35)36)10-11-18(30)31/h13-16,19-21,25,29,32H,4-12H2,1-3H3,(H,26,34)(H,27,33)(H,30,31)(H,35,36)/t13-,14+,15+,16+,19+,20+,21+,25+/m0/s1. The number of aliphatic hydroxyl groups excluding tert-OH is 2. The number of unbranched alkanes of at least 4 members (excludes halogenated alkanes) is 4. The van der Waals surface area contributed by atoms with Crippen molar-refractivity contribution in [2.45, 2.75) is 120 Å². The maximum absolute atomic E-state index is 12.8. The summed E-state index contributed by atoms with van der Waals surface area (Å²) >= 11 is 1.43. The number of amides is 2. The molecule has 39 heavy (non-hydrogen) atoms.